The first-order valence-corrected chi connectivity index (χ1v) is 14.9. The second-order valence-corrected chi connectivity index (χ2v) is 11.5. The molecular weight excluding hydrogens is 530 g/mol. The summed E-state index contributed by atoms with van der Waals surface area (Å²) in [5.74, 6) is 0.785. The molecule has 7 heteroatoms. The first kappa shape index (κ1) is 27.3. The minimum absolute atomic E-state index is 0.0804. The van der Waals surface area contributed by atoms with Crippen LogP contribution in [-0.2, 0) is 6.42 Å². The van der Waals surface area contributed by atoms with Crippen LogP contribution in [0.2, 0.25) is 5.02 Å². The number of carbonyl (C=O) groups is 1. The van der Waals surface area contributed by atoms with Gasteiger partial charge in [0.25, 0.3) is 5.91 Å². The molecule has 6 nitrogen and oxygen atoms in total. The summed E-state index contributed by atoms with van der Waals surface area (Å²) in [5.41, 5.74) is 5.29. The molecule has 3 aromatic carbocycles. The number of nitriles is 1. The Hall–Kier alpha value is -3.92. The lowest BCUT2D eigenvalue weighted by Crippen LogP contribution is -2.42. The molecule has 4 aromatic rings. The number of fused-ring (bicyclic) bond motifs is 1. The van der Waals surface area contributed by atoms with E-state index in [1.54, 1.807) is 0 Å². The largest absolute Gasteiger partial charge is 0.370 e. The van der Waals surface area contributed by atoms with Crippen molar-refractivity contribution in [2.24, 2.45) is 0 Å². The predicted octanol–water partition coefficient (Wildman–Crippen LogP) is 6.78. The normalized spacial score (nSPS) is 17.2. The first-order valence-electron chi connectivity index (χ1n) is 14.5. The number of rotatable bonds is 8. The highest BCUT2D eigenvalue weighted by molar-refractivity contribution is 6.30. The van der Waals surface area contributed by atoms with Crippen LogP contribution in [-0.4, -0.2) is 59.5 Å². The van der Waals surface area contributed by atoms with Crippen LogP contribution in [0.1, 0.15) is 47.2 Å². The third-order valence-electron chi connectivity index (χ3n) is 8.33. The topological polar surface area (TPSA) is 72.3 Å². The van der Waals surface area contributed by atoms with Gasteiger partial charge in [-0.2, -0.15) is 5.26 Å². The van der Waals surface area contributed by atoms with Crippen LogP contribution in [0, 0.1) is 11.3 Å². The van der Waals surface area contributed by atoms with E-state index in [9.17, 15) is 10.1 Å². The molecule has 2 saturated heterocycles. The number of amides is 1. The summed E-state index contributed by atoms with van der Waals surface area (Å²) in [6, 6.07) is 25.9. The molecule has 1 amide bonds. The van der Waals surface area contributed by atoms with Gasteiger partial charge in [-0.3, -0.25) is 4.79 Å². The summed E-state index contributed by atoms with van der Waals surface area (Å²) in [7, 11) is 0. The third kappa shape index (κ3) is 6.22. The van der Waals surface area contributed by atoms with Gasteiger partial charge in [0.15, 0.2) is 0 Å². The number of hydrogen-bond donors (Lipinski definition) is 1. The highest BCUT2D eigenvalue weighted by Crippen LogP contribution is 2.31. The molecule has 0 saturated carbocycles. The molecule has 2 fully saturated rings. The lowest BCUT2D eigenvalue weighted by molar-refractivity contribution is 0.0710. The Morgan fingerprint density at radius 1 is 0.951 bits per heavy atom. The number of anilines is 1. The molecule has 0 aliphatic carbocycles. The van der Waals surface area contributed by atoms with E-state index >= 15 is 0 Å². The molecule has 1 atom stereocenters. The van der Waals surface area contributed by atoms with Gasteiger partial charge >= 0.3 is 0 Å². The number of carbonyl (C=O) groups excluding carboxylic acids is 1. The minimum atomic E-state index is 0.0804. The number of hydrogen-bond acceptors (Lipinski definition) is 5. The molecule has 0 radical (unpaired) electrons. The lowest BCUT2D eigenvalue weighted by atomic mass is 9.99. The Kier molecular flexibility index (Phi) is 8.18. The maximum absolute atomic E-state index is 14.3. The maximum Gasteiger partial charge on any atom is 0.254 e. The zero-order valence-corrected chi connectivity index (χ0v) is 23.9. The number of aromatic nitrogens is 1. The van der Waals surface area contributed by atoms with Gasteiger partial charge < -0.3 is 15.1 Å². The summed E-state index contributed by atoms with van der Waals surface area (Å²) in [5, 5.41) is 14.2. The molecule has 1 aromatic heterocycles. The Morgan fingerprint density at radius 3 is 2.46 bits per heavy atom. The van der Waals surface area contributed by atoms with Crippen molar-refractivity contribution in [3.63, 3.8) is 0 Å². The van der Waals surface area contributed by atoms with Crippen molar-refractivity contribution in [3.05, 3.63) is 94.5 Å². The van der Waals surface area contributed by atoms with Gasteiger partial charge in [-0.25, -0.2) is 4.98 Å². The zero-order valence-electron chi connectivity index (χ0n) is 23.2. The molecule has 0 unspecified atom stereocenters. The van der Waals surface area contributed by atoms with Crippen LogP contribution >= 0.6 is 11.6 Å². The summed E-state index contributed by atoms with van der Waals surface area (Å²) in [6.45, 7) is 4.70. The summed E-state index contributed by atoms with van der Waals surface area (Å²) in [6.07, 6.45) is 5.41. The molecule has 2 aliphatic rings. The molecule has 3 heterocycles. The van der Waals surface area contributed by atoms with Crippen molar-refractivity contribution >= 4 is 34.2 Å². The van der Waals surface area contributed by atoms with Crippen molar-refractivity contribution < 1.29 is 4.79 Å². The number of likely N-dealkylation sites (tertiary alicyclic amines) is 2. The van der Waals surface area contributed by atoms with Gasteiger partial charge in [0.05, 0.1) is 22.7 Å². The Bertz CT molecular complexity index is 1570. The Morgan fingerprint density at radius 2 is 1.71 bits per heavy atom. The molecule has 0 bridgehead atoms. The van der Waals surface area contributed by atoms with Crippen LogP contribution in [0.15, 0.2) is 72.8 Å². The van der Waals surface area contributed by atoms with Crippen LogP contribution in [0.5, 0.6) is 0 Å². The van der Waals surface area contributed by atoms with E-state index < -0.39 is 0 Å². The molecule has 208 valence electrons. The van der Waals surface area contributed by atoms with E-state index in [1.807, 2.05) is 66.7 Å². The minimum Gasteiger partial charge on any atom is -0.370 e. The molecule has 0 spiro atoms. The predicted molar refractivity (Wildman–Crippen MR) is 165 cm³/mol. The van der Waals surface area contributed by atoms with E-state index in [0.717, 1.165) is 72.5 Å². The van der Waals surface area contributed by atoms with E-state index in [-0.39, 0.29) is 11.9 Å². The number of benzene rings is 3. The van der Waals surface area contributed by atoms with Crippen LogP contribution in [0.25, 0.3) is 22.0 Å². The molecule has 2 aliphatic heterocycles. The van der Waals surface area contributed by atoms with Gasteiger partial charge in [-0.05, 0) is 104 Å². The van der Waals surface area contributed by atoms with Gasteiger partial charge in [-0.1, -0.05) is 41.9 Å². The smallest absolute Gasteiger partial charge is 0.254 e. The second-order valence-electron chi connectivity index (χ2n) is 11.1. The van der Waals surface area contributed by atoms with Crippen LogP contribution in [0.4, 0.5) is 5.82 Å². The fourth-order valence-corrected chi connectivity index (χ4v) is 6.23. The fraction of sp³-hybridized carbons (Fsp3) is 0.324. The monoisotopic (exact) mass is 563 g/mol. The van der Waals surface area contributed by atoms with Crippen molar-refractivity contribution in [2.45, 2.75) is 38.1 Å². The maximum atomic E-state index is 14.3. The average Bonchev–Trinajstić information content (AvgIpc) is 3.70. The van der Waals surface area contributed by atoms with Gasteiger partial charge in [-0.15, -0.1) is 0 Å². The second kappa shape index (κ2) is 12.3. The van der Waals surface area contributed by atoms with Crippen molar-refractivity contribution in [1.82, 2.24) is 14.8 Å². The summed E-state index contributed by atoms with van der Waals surface area (Å²) in [4.78, 5) is 23.8. The number of pyridine rings is 1. The Balaban J connectivity index is 1.32. The first-order chi connectivity index (χ1) is 20.1. The highest BCUT2D eigenvalue weighted by atomic mass is 35.5. The molecule has 6 rings (SSSR count). The van der Waals surface area contributed by atoms with Crippen molar-refractivity contribution in [2.75, 3.05) is 38.0 Å². The molecule has 41 heavy (non-hydrogen) atoms. The third-order valence-corrected chi connectivity index (χ3v) is 8.58. The highest BCUT2D eigenvalue weighted by Gasteiger charge is 2.32. The van der Waals surface area contributed by atoms with Crippen LogP contribution < -0.4 is 5.32 Å². The standard InChI is InChI=1S/C34H34ClN5O/c35-28-12-7-24(8-13-28)15-16-37-33-21-31(34(41)40-19-3-4-29(40)23-39-17-1-2-18-39)30-20-27(11-14-32(30)38-33)26-9-5-25(22-36)6-10-26/h5-14,20-21,29H,1-4,15-19,23H2,(H,37,38)/t29-/m0/s1. The molecular formula is C34H34ClN5O. The van der Waals surface area contributed by atoms with Gasteiger partial charge in [0, 0.05) is 36.1 Å². The Labute approximate surface area is 246 Å². The number of nitrogens with one attached hydrogen (secondary N) is 1. The average molecular weight is 564 g/mol. The van der Waals surface area contributed by atoms with Crippen molar-refractivity contribution in [3.8, 4) is 17.2 Å². The van der Waals surface area contributed by atoms with Crippen LogP contribution in [0.3, 0.4) is 0 Å². The quantitative estimate of drug-likeness (QED) is 0.256. The van der Waals surface area contributed by atoms with E-state index in [4.69, 9.17) is 16.6 Å². The number of halogens is 1. The van der Waals surface area contributed by atoms with E-state index in [2.05, 4.69) is 27.3 Å². The zero-order chi connectivity index (χ0) is 28.2. The fourth-order valence-electron chi connectivity index (χ4n) is 6.11. The van der Waals surface area contributed by atoms with Crippen molar-refractivity contribution in [1.29, 1.82) is 5.26 Å². The summed E-state index contributed by atoms with van der Waals surface area (Å²) >= 11 is 6.04. The SMILES string of the molecule is N#Cc1ccc(-c2ccc3nc(NCCc4ccc(Cl)cc4)cc(C(=O)N4CCC[C@H]4CN4CCCC4)c3c2)cc1. The van der Waals surface area contributed by atoms with Gasteiger partial charge in [0.1, 0.15) is 5.82 Å². The van der Waals surface area contributed by atoms with Gasteiger partial charge in [0.2, 0.25) is 0 Å². The number of nitrogens with zero attached hydrogens (tertiary/aromatic N) is 4. The summed E-state index contributed by atoms with van der Waals surface area (Å²) < 4.78 is 0. The van der Waals surface area contributed by atoms with E-state index in [0.29, 0.717) is 23.5 Å². The van der Waals surface area contributed by atoms with E-state index in [1.165, 1.54) is 18.4 Å². The lowest BCUT2D eigenvalue weighted by Gasteiger charge is -2.29. The molecule has 1 N–H and O–H groups in total.